The van der Waals surface area contributed by atoms with Gasteiger partial charge in [0.25, 0.3) is 0 Å². The Morgan fingerprint density at radius 1 is 1.12 bits per heavy atom. The van der Waals surface area contributed by atoms with E-state index in [9.17, 15) is 4.79 Å². The van der Waals surface area contributed by atoms with E-state index >= 15 is 0 Å². The maximum absolute atomic E-state index is 12.6. The van der Waals surface area contributed by atoms with Crippen LogP contribution >= 0.6 is 0 Å². The highest BCUT2D eigenvalue weighted by Crippen LogP contribution is 2.52. The Hall–Kier alpha value is -2.75. The van der Waals surface area contributed by atoms with Crippen LogP contribution in [-0.4, -0.2) is 24.7 Å². The van der Waals surface area contributed by atoms with E-state index in [1.807, 2.05) is 18.2 Å². The number of benzene rings is 2. The molecule has 0 saturated carbocycles. The molecule has 4 nitrogen and oxygen atoms in total. The van der Waals surface area contributed by atoms with E-state index in [0.29, 0.717) is 13.0 Å². The number of nitrogens with one attached hydrogen (secondary N) is 1. The zero-order valence-electron chi connectivity index (χ0n) is 19.9. The molecule has 2 heterocycles. The SMILES string of the molecule is CCCCCCOc1ccccc1/C=C/C12NC(=O)CCN1c1ccc(C)cc1C2(C)C. The van der Waals surface area contributed by atoms with Gasteiger partial charge in [0, 0.05) is 29.6 Å². The molecule has 2 aromatic rings. The summed E-state index contributed by atoms with van der Waals surface area (Å²) in [5.74, 6) is 0.999. The van der Waals surface area contributed by atoms with Gasteiger partial charge in [-0.15, -0.1) is 0 Å². The molecular formula is C28H36N2O2. The summed E-state index contributed by atoms with van der Waals surface area (Å²) in [7, 11) is 0. The van der Waals surface area contributed by atoms with E-state index in [2.05, 4.69) is 74.3 Å². The first-order valence-corrected chi connectivity index (χ1v) is 12.0. The quantitative estimate of drug-likeness (QED) is 0.522. The highest BCUT2D eigenvalue weighted by molar-refractivity contribution is 5.85. The summed E-state index contributed by atoms with van der Waals surface area (Å²) in [5, 5.41) is 3.36. The first-order valence-electron chi connectivity index (χ1n) is 12.0. The number of fused-ring (bicyclic) bond motifs is 3. The molecule has 2 aromatic carbocycles. The third kappa shape index (κ3) is 3.92. The summed E-state index contributed by atoms with van der Waals surface area (Å²) in [6.07, 6.45) is 9.56. The van der Waals surface area contributed by atoms with Crippen LogP contribution in [0.15, 0.2) is 48.5 Å². The lowest BCUT2D eigenvalue weighted by Gasteiger charge is -2.49. The van der Waals surface area contributed by atoms with Gasteiger partial charge in [0.15, 0.2) is 0 Å². The summed E-state index contributed by atoms with van der Waals surface area (Å²) >= 11 is 0. The van der Waals surface area contributed by atoms with E-state index < -0.39 is 5.66 Å². The van der Waals surface area contributed by atoms with Gasteiger partial charge >= 0.3 is 0 Å². The van der Waals surface area contributed by atoms with Gasteiger partial charge in [-0.05, 0) is 37.1 Å². The van der Waals surface area contributed by atoms with Crippen LogP contribution in [0.25, 0.3) is 6.08 Å². The second-order valence-corrected chi connectivity index (χ2v) is 9.64. The lowest BCUT2D eigenvalue weighted by atomic mass is 9.74. The van der Waals surface area contributed by atoms with Gasteiger partial charge in [-0.2, -0.15) is 0 Å². The first-order chi connectivity index (χ1) is 15.4. The third-order valence-electron chi connectivity index (χ3n) is 7.07. The summed E-state index contributed by atoms with van der Waals surface area (Å²) in [4.78, 5) is 15.0. The van der Waals surface area contributed by atoms with Crippen molar-refractivity contribution in [2.45, 2.75) is 70.9 Å². The molecule has 1 amide bonds. The molecule has 1 N–H and O–H groups in total. The third-order valence-corrected chi connectivity index (χ3v) is 7.07. The van der Waals surface area contributed by atoms with Gasteiger partial charge in [0.2, 0.25) is 5.91 Å². The van der Waals surface area contributed by atoms with E-state index in [0.717, 1.165) is 24.3 Å². The number of anilines is 1. The molecule has 2 aliphatic rings. The maximum Gasteiger partial charge on any atom is 0.223 e. The number of nitrogens with zero attached hydrogens (tertiary/aromatic N) is 1. The summed E-state index contributed by atoms with van der Waals surface area (Å²) in [6, 6.07) is 14.8. The molecule has 1 fully saturated rings. The maximum atomic E-state index is 12.6. The number of ether oxygens (including phenoxy) is 1. The Bertz CT molecular complexity index is 1010. The van der Waals surface area contributed by atoms with Crippen molar-refractivity contribution in [2.75, 3.05) is 18.1 Å². The van der Waals surface area contributed by atoms with Crippen molar-refractivity contribution in [3.8, 4) is 5.75 Å². The van der Waals surface area contributed by atoms with Crippen molar-refractivity contribution >= 4 is 17.7 Å². The van der Waals surface area contributed by atoms with Crippen LogP contribution in [0, 0.1) is 6.92 Å². The molecule has 0 spiro atoms. The van der Waals surface area contributed by atoms with Crippen LogP contribution in [0.5, 0.6) is 5.75 Å². The Morgan fingerprint density at radius 2 is 1.94 bits per heavy atom. The number of rotatable bonds is 8. The molecule has 1 atom stereocenters. The van der Waals surface area contributed by atoms with Gasteiger partial charge in [-0.3, -0.25) is 4.79 Å². The van der Waals surface area contributed by atoms with Crippen LogP contribution in [-0.2, 0) is 10.2 Å². The smallest absolute Gasteiger partial charge is 0.223 e. The fraction of sp³-hybridized carbons (Fsp3) is 0.464. The number of amides is 1. The van der Waals surface area contributed by atoms with Gasteiger partial charge in [0.1, 0.15) is 11.4 Å². The number of para-hydroxylation sites is 1. The van der Waals surface area contributed by atoms with Crippen LogP contribution in [0.3, 0.4) is 0 Å². The molecule has 4 heteroatoms. The summed E-state index contributed by atoms with van der Waals surface area (Å²) in [5.41, 5.74) is 3.89. The average molecular weight is 433 g/mol. The lowest BCUT2D eigenvalue weighted by Crippen LogP contribution is -2.68. The summed E-state index contributed by atoms with van der Waals surface area (Å²) < 4.78 is 6.13. The van der Waals surface area contributed by atoms with E-state index in [-0.39, 0.29) is 11.3 Å². The molecule has 1 saturated heterocycles. The minimum Gasteiger partial charge on any atom is -0.493 e. The number of carbonyl (C=O) groups is 1. The van der Waals surface area contributed by atoms with Gasteiger partial charge in [0.05, 0.1) is 6.61 Å². The van der Waals surface area contributed by atoms with Crippen molar-refractivity contribution < 1.29 is 9.53 Å². The Morgan fingerprint density at radius 3 is 2.75 bits per heavy atom. The zero-order chi connectivity index (χ0) is 22.8. The second kappa shape index (κ2) is 9.01. The molecular weight excluding hydrogens is 396 g/mol. The molecule has 0 aromatic heterocycles. The first kappa shape index (κ1) is 22.4. The Balaban J connectivity index is 1.66. The second-order valence-electron chi connectivity index (χ2n) is 9.64. The molecule has 32 heavy (non-hydrogen) atoms. The van der Waals surface area contributed by atoms with E-state index in [1.165, 1.54) is 36.1 Å². The monoisotopic (exact) mass is 432 g/mol. The lowest BCUT2D eigenvalue weighted by molar-refractivity contribution is -0.124. The summed E-state index contributed by atoms with van der Waals surface area (Å²) in [6.45, 7) is 10.3. The Labute approximate surface area is 192 Å². The van der Waals surface area contributed by atoms with Crippen LogP contribution in [0.2, 0.25) is 0 Å². The van der Waals surface area contributed by atoms with Crippen molar-refractivity contribution in [3.05, 3.63) is 65.2 Å². The van der Waals surface area contributed by atoms with Crippen molar-refractivity contribution in [1.29, 1.82) is 0 Å². The fourth-order valence-electron chi connectivity index (χ4n) is 5.14. The highest BCUT2D eigenvalue weighted by Gasteiger charge is 2.57. The van der Waals surface area contributed by atoms with Gasteiger partial charge in [-0.25, -0.2) is 0 Å². The normalized spacial score (nSPS) is 21.4. The van der Waals surface area contributed by atoms with Crippen molar-refractivity contribution in [2.24, 2.45) is 0 Å². The molecule has 0 aliphatic carbocycles. The fourth-order valence-corrected chi connectivity index (χ4v) is 5.14. The molecule has 170 valence electrons. The molecule has 1 unspecified atom stereocenters. The number of hydrogen-bond donors (Lipinski definition) is 1. The molecule has 0 radical (unpaired) electrons. The largest absolute Gasteiger partial charge is 0.493 e. The standard InChI is InChI=1S/C28H36N2O2/c1-5-6-7-10-19-32-25-12-9-8-11-22(25)15-17-28-27(3,4)23-20-21(2)13-14-24(23)30(28)18-16-26(31)29-28/h8-9,11-15,17,20H,5-7,10,16,18-19H2,1-4H3,(H,29,31)/b17-15+. The molecule has 4 rings (SSSR count). The number of hydrogen-bond acceptors (Lipinski definition) is 3. The molecule has 0 bridgehead atoms. The Kier molecular flexibility index (Phi) is 6.32. The van der Waals surface area contributed by atoms with Crippen LogP contribution in [0.4, 0.5) is 5.69 Å². The average Bonchev–Trinajstić information content (AvgIpc) is 2.96. The van der Waals surface area contributed by atoms with Crippen LogP contribution in [0.1, 0.15) is 69.6 Å². The predicted octanol–water partition coefficient (Wildman–Crippen LogP) is 5.98. The minimum absolute atomic E-state index is 0.101. The van der Waals surface area contributed by atoms with Crippen LogP contribution < -0.4 is 15.0 Å². The molecule has 2 aliphatic heterocycles. The van der Waals surface area contributed by atoms with Gasteiger partial charge in [-0.1, -0.05) is 82.0 Å². The van der Waals surface area contributed by atoms with Crippen molar-refractivity contribution in [3.63, 3.8) is 0 Å². The highest BCUT2D eigenvalue weighted by atomic mass is 16.5. The van der Waals surface area contributed by atoms with E-state index in [1.54, 1.807) is 0 Å². The number of unbranched alkanes of at least 4 members (excludes halogenated alkanes) is 3. The number of carbonyl (C=O) groups excluding carboxylic acids is 1. The minimum atomic E-state index is -0.604. The van der Waals surface area contributed by atoms with E-state index in [4.69, 9.17) is 4.74 Å². The predicted molar refractivity (Wildman–Crippen MR) is 132 cm³/mol. The number of aryl methyl sites for hydroxylation is 1. The zero-order valence-corrected chi connectivity index (χ0v) is 19.9. The topological polar surface area (TPSA) is 41.6 Å². The van der Waals surface area contributed by atoms with Crippen molar-refractivity contribution in [1.82, 2.24) is 5.32 Å². The van der Waals surface area contributed by atoms with Gasteiger partial charge < -0.3 is 15.0 Å².